The molecular weight excluding hydrogens is 417 g/mol. The number of hydrogen-bond donors (Lipinski definition) is 2. The van der Waals surface area contributed by atoms with Crippen molar-refractivity contribution in [2.75, 3.05) is 27.3 Å². The molecule has 0 heterocycles. The van der Waals surface area contributed by atoms with Crippen molar-refractivity contribution in [1.82, 2.24) is 5.32 Å². The second-order valence-corrected chi connectivity index (χ2v) is 5.54. The number of ether oxygens (including phenoxy) is 2. The van der Waals surface area contributed by atoms with E-state index in [1.54, 1.807) is 14.2 Å². The van der Waals surface area contributed by atoms with E-state index in [-0.39, 0.29) is 24.0 Å². The molecule has 0 aliphatic rings. The largest absolute Gasteiger partial charge is 0.497 e. The predicted molar refractivity (Wildman–Crippen MR) is 112 cm³/mol. The summed E-state index contributed by atoms with van der Waals surface area (Å²) in [5, 5.41) is 3.16. The minimum Gasteiger partial charge on any atom is -0.497 e. The van der Waals surface area contributed by atoms with Crippen molar-refractivity contribution in [2.45, 2.75) is 45.4 Å². The van der Waals surface area contributed by atoms with E-state index in [4.69, 9.17) is 15.2 Å². The van der Waals surface area contributed by atoms with Crippen molar-refractivity contribution in [3.8, 4) is 11.5 Å². The molecule has 0 aromatic heterocycles. The van der Waals surface area contributed by atoms with E-state index in [1.807, 2.05) is 18.2 Å². The summed E-state index contributed by atoms with van der Waals surface area (Å²) < 4.78 is 10.6. The molecule has 0 unspecified atom stereocenters. The van der Waals surface area contributed by atoms with Gasteiger partial charge < -0.3 is 20.5 Å². The number of nitrogens with one attached hydrogen (secondary N) is 1. The molecule has 6 heteroatoms. The van der Waals surface area contributed by atoms with Crippen molar-refractivity contribution in [1.29, 1.82) is 0 Å². The van der Waals surface area contributed by atoms with Gasteiger partial charge in [0, 0.05) is 13.1 Å². The molecule has 0 saturated carbocycles. The number of aryl methyl sites for hydroxylation is 1. The number of nitrogens with zero attached hydrogens (tertiary/aromatic N) is 1. The van der Waals surface area contributed by atoms with Gasteiger partial charge in [0.1, 0.15) is 11.5 Å². The molecule has 0 fully saturated rings. The van der Waals surface area contributed by atoms with Crippen LogP contribution in [0.25, 0.3) is 0 Å². The van der Waals surface area contributed by atoms with Gasteiger partial charge in [-0.1, -0.05) is 26.2 Å². The highest BCUT2D eigenvalue weighted by Crippen LogP contribution is 2.24. The zero-order valence-corrected chi connectivity index (χ0v) is 17.5. The maximum atomic E-state index is 5.86. The van der Waals surface area contributed by atoms with Gasteiger partial charge in [-0.3, -0.25) is 4.99 Å². The lowest BCUT2D eigenvalue weighted by Gasteiger charge is -2.10. The minimum atomic E-state index is 0. The Hall–Kier alpha value is -1.18. The molecule has 0 spiro atoms. The van der Waals surface area contributed by atoms with Gasteiger partial charge in [0.15, 0.2) is 5.96 Å². The summed E-state index contributed by atoms with van der Waals surface area (Å²) in [6.45, 7) is 3.81. The van der Waals surface area contributed by atoms with Crippen LogP contribution in [0.15, 0.2) is 23.2 Å². The van der Waals surface area contributed by atoms with E-state index in [1.165, 1.54) is 19.3 Å². The topological polar surface area (TPSA) is 68.9 Å². The van der Waals surface area contributed by atoms with Crippen molar-refractivity contribution in [3.05, 3.63) is 23.8 Å². The summed E-state index contributed by atoms with van der Waals surface area (Å²) in [6.07, 6.45) is 6.71. The molecule has 0 amide bonds. The molecule has 0 aliphatic heterocycles. The summed E-state index contributed by atoms with van der Waals surface area (Å²) in [4.78, 5) is 4.37. The number of nitrogens with two attached hydrogens (primary N) is 1. The Morgan fingerprint density at radius 2 is 1.92 bits per heavy atom. The second-order valence-electron chi connectivity index (χ2n) is 5.54. The molecule has 0 radical (unpaired) electrons. The minimum absolute atomic E-state index is 0. The first kappa shape index (κ1) is 22.8. The molecule has 1 aromatic rings. The number of methoxy groups -OCH3 is 2. The SMILES string of the molecule is CCCCCCNC(N)=NCCCc1cc(OC)ccc1OC.I. The van der Waals surface area contributed by atoms with Gasteiger partial charge in [-0.2, -0.15) is 0 Å². The fraction of sp³-hybridized carbons (Fsp3) is 0.611. The summed E-state index contributed by atoms with van der Waals surface area (Å²) >= 11 is 0. The van der Waals surface area contributed by atoms with Crippen LogP contribution in [0.4, 0.5) is 0 Å². The van der Waals surface area contributed by atoms with Crippen molar-refractivity contribution in [3.63, 3.8) is 0 Å². The first-order valence-electron chi connectivity index (χ1n) is 8.46. The molecule has 24 heavy (non-hydrogen) atoms. The molecule has 3 N–H and O–H groups in total. The standard InChI is InChI=1S/C18H31N3O2.HI/c1-4-5-6-7-12-20-18(19)21-13-8-9-15-14-16(22-2)10-11-17(15)23-3;/h10-11,14H,4-9,12-13H2,1-3H3,(H3,19,20,21);1H. The van der Waals surface area contributed by atoms with Gasteiger partial charge >= 0.3 is 0 Å². The van der Waals surface area contributed by atoms with Gasteiger partial charge in [-0.05, 0) is 43.0 Å². The lowest BCUT2D eigenvalue weighted by atomic mass is 10.1. The van der Waals surface area contributed by atoms with Gasteiger partial charge in [0.05, 0.1) is 14.2 Å². The summed E-state index contributed by atoms with van der Waals surface area (Å²) in [5.41, 5.74) is 7.00. The van der Waals surface area contributed by atoms with Crippen molar-refractivity contribution >= 4 is 29.9 Å². The first-order chi connectivity index (χ1) is 11.2. The molecule has 0 atom stereocenters. The third-order valence-electron chi connectivity index (χ3n) is 3.71. The van der Waals surface area contributed by atoms with Crippen LogP contribution in [0, 0.1) is 0 Å². The number of halogens is 1. The Kier molecular flexibility index (Phi) is 13.5. The van der Waals surface area contributed by atoms with Crippen molar-refractivity contribution < 1.29 is 9.47 Å². The number of hydrogen-bond acceptors (Lipinski definition) is 3. The number of unbranched alkanes of at least 4 members (excludes halogenated alkanes) is 3. The fourth-order valence-corrected chi connectivity index (χ4v) is 2.37. The summed E-state index contributed by atoms with van der Waals surface area (Å²) in [6, 6.07) is 5.85. The van der Waals surface area contributed by atoms with Crippen LogP contribution in [0.2, 0.25) is 0 Å². The van der Waals surface area contributed by atoms with Gasteiger partial charge in [-0.15, -0.1) is 24.0 Å². The fourth-order valence-electron chi connectivity index (χ4n) is 2.37. The quantitative estimate of drug-likeness (QED) is 0.234. The Bertz CT molecular complexity index is 481. The van der Waals surface area contributed by atoms with Crippen LogP contribution < -0.4 is 20.5 Å². The molecular formula is C18H32IN3O2. The van der Waals surface area contributed by atoms with E-state index in [0.717, 1.165) is 42.9 Å². The molecule has 0 aliphatic carbocycles. The Labute approximate surface area is 163 Å². The third kappa shape index (κ3) is 9.20. The van der Waals surface area contributed by atoms with E-state index >= 15 is 0 Å². The monoisotopic (exact) mass is 449 g/mol. The predicted octanol–water partition coefficient (Wildman–Crippen LogP) is 3.74. The molecule has 5 nitrogen and oxygen atoms in total. The number of rotatable bonds is 11. The maximum Gasteiger partial charge on any atom is 0.188 e. The summed E-state index contributed by atoms with van der Waals surface area (Å²) in [7, 11) is 3.35. The van der Waals surface area contributed by atoms with Crippen molar-refractivity contribution in [2.24, 2.45) is 10.7 Å². The van der Waals surface area contributed by atoms with Gasteiger partial charge in [0.25, 0.3) is 0 Å². The van der Waals surface area contributed by atoms with Gasteiger partial charge in [-0.25, -0.2) is 0 Å². The zero-order valence-electron chi connectivity index (χ0n) is 15.1. The smallest absolute Gasteiger partial charge is 0.188 e. The Morgan fingerprint density at radius 3 is 2.58 bits per heavy atom. The van der Waals surface area contributed by atoms with Crippen LogP contribution in [-0.2, 0) is 6.42 Å². The van der Waals surface area contributed by atoms with Crippen LogP contribution in [0.1, 0.15) is 44.6 Å². The molecule has 0 saturated heterocycles. The Morgan fingerprint density at radius 1 is 1.12 bits per heavy atom. The van der Waals surface area contributed by atoms with E-state index in [2.05, 4.69) is 17.2 Å². The molecule has 1 aromatic carbocycles. The molecule has 1 rings (SSSR count). The van der Waals surface area contributed by atoms with Crippen LogP contribution in [-0.4, -0.2) is 33.3 Å². The number of guanidine groups is 1. The Balaban J connectivity index is 0.00000529. The highest BCUT2D eigenvalue weighted by Gasteiger charge is 2.04. The molecule has 0 bridgehead atoms. The third-order valence-corrected chi connectivity index (χ3v) is 3.71. The normalized spacial score (nSPS) is 10.9. The first-order valence-corrected chi connectivity index (χ1v) is 8.46. The van der Waals surface area contributed by atoms with E-state index < -0.39 is 0 Å². The molecule has 138 valence electrons. The highest BCUT2D eigenvalue weighted by atomic mass is 127. The lowest BCUT2D eigenvalue weighted by Crippen LogP contribution is -2.32. The highest BCUT2D eigenvalue weighted by molar-refractivity contribution is 14.0. The summed E-state index contributed by atoms with van der Waals surface area (Å²) in [5.74, 6) is 2.27. The van der Waals surface area contributed by atoms with Crippen LogP contribution in [0.3, 0.4) is 0 Å². The van der Waals surface area contributed by atoms with Crippen LogP contribution in [0.5, 0.6) is 11.5 Å². The van der Waals surface area contributed by atoms with E-state index in [0.29, 0.717) is 12.5 Å². The maximum absolute atomic E-state index is 5.86. The zero-order chi connectivity index (χ0) is 16.9. The lowest BCUT2D eigenvalue weighted by molar-refractivity contribution is 0.398. The van der Waals surface area contributed by atoms with E-state index in [9.17, 15) is 0 Å². The van der Waals surface area contributed by atoms with Gasteiger partial charge in [0.2, 0.25) is 0 Å². The average Bonchev–Trinajstić information content (AvgIpc) is 2.58. The van der Waals surface area contributed by atoms with Crippen LogP contribution >= 0.6 is 24.0 Å². The number of benzene rings is 1. The second kappa shape index (κ2) is 14.2. The average molecular weight is 449 g/mol. The number of aliphatic imine (C=N–C) groups is 1.